The predicted molar refractivity (Wildman–Crippen MR) is 132 cm³/mol. The van der Waals surface area contributed by atoms with Gasteiger partial charge in [0.2, 0.25) is 15.9 Å². The number of hydrogen-bond donors (Lipinski definition) is 1. The van der Waals surface area contributed by atoms with Gasteiger partial charge in [-0.15, -0.1) is 0 Å². The van der Waals surface area contributed by atoms with E-state index in [-0.39, 0.29) is 17.2 Å². The van der Waals surface area contributed by atoms with Crippen molar-refractivity contribution < 1.29 is 13.2 Å². The van der Waals surface area contributed by atoms with Crippen LogP contribution in [0.3, 0.4) is 0 Å². The Balaban J connectivity index is 1.52. The minimum absolute atomic E-state index is 0.0943. The fraction of sp³-hybridized carbons (Fsp3) is 0.280. The molecule has 1 heterocycles. The first-order valence-electron chi connectivity index (χ1n) is 11.1. The molecule has 1 N–H and O–H groups in total. The molecule has 1 amide bonds. The second kappa shape index (κ2) is 9.33. The van der Waals surface area contributed by atoms with E-state index < -0.39 is 10.0 Å². The zero-order valence-electron chi connectivity index (χ0n) is 19.1. The molecule has 4 rings (SSSR count). The molecule has 7 nitrogen and oxygen atoms in total. The van der Waals surface area contributed by atoms with Gasteiger partial charge < -0.3 is 9.88 Å². The summed E-state index contributed by atoms with van der Waals surface area (Å²) in [5.74, 6) is 0.638. The van der Waals surface area contributed by atoms with Crippen LogP contribution < -0.4 is 5.32 Å². The van der Waals surface area contributed by atoms with Crippen molar-refractivity contribution in [2.45, 2.75) is 31.6 Å². The highest BCUT2D eigenvalue weighted by atomic mass is 32.2. The number of rotatable bonds is 8. The molecule has 0 spiro atoms. The summed E-state index contributed by atoms with van der Waals surface area (Å²) in [6.45, 7) is 4.47. The normalized spacial score (nSPS) is 12.0. The zero-order chi connectivity index (χ0) is 23.6. The third-order valence-corrected chi connectivity index (χ3v) is 7.97. The number of nitrogens with one attached hydrogen (secondary N) is 1. The second-order valence-electron chi connectivity index (χ2n) is 7.90. The minimum atomic E-state index is -3.55. The van der Waals surface area contributed by atoms with Crippen molar-refractivity contribution >= 4 is 43.4 Å². The van der Waals surface area contributed by atoms with Crippen LogP contribution in [0.15, 0.2) is 65.6 Å². The number of carbonyl (C=O) groups excluding carboxylic acids is 1. The smallest absolute Gasteiger partial charge is 0.243 e. The predicted octanol–water partition coefficient (Wildman–Crippen LogP) is 4.33. The fourth-order valence-electron chi connectivity index (χ4n) is 4.10. The number of anilines is 1. The number of hydrogen-bond acceptors (Lipinski definition) is 4. The van der Waals surface area contributed by atoms with Gasteiger partial charge in [0, 0.05) is 44.1 Å². The summed E-state index contributed by atoms with van der Waals surface area (Å²) in [6, 6.07) is 18.8. The minimum Gasteiger partial charge on any atom is -0.331 e. The van der Waals surface area contributed by atoms with E-state index in [9.17, 15) is 13.2 Å². The van der Waals surface area contributed by atoms with Crippen molar-refractivity contribution in [2.24, 2.45) is 7.05 Å². The second-order valence-corrected chi connectivity index (χ2v) is 9.84. The van der Waals surface area contributed by atoms with E-state index in [0.29, 0.717) is 25.0 Å². The van der Waals surface area contributed by atoms with Gasteiger partial charge in [-0.1, -0.05) is 50.2 Å². The molecule has 0 aliphatic heterocycles. The van der Waals surface area contributed by atoms with Gasteiger partial charge in [0.1, 0.15) is 5.82 Å². The van der Waals surface area contributed by atoms with Crippen LogP contribution in [-0.2, 0) is 28.3 Å². The van der Waals surface area contributed by atoms with Crippen molar-refractivity contribution in [1.82, 2.24) is 13.9 Å². The number of amides is 1. The van der Waals surface area contributed by atoms with Gasteiger partial charge in [0.25, 0.3) is 0 Å². The number of aromatic nitrogens is 2. The van der Waals surface area contributed by atoms with Crippen molar-refractivity contribution in [3.05, 3.63) is 66.5 Å². The van der Waals surface area contributed by atoms with E-state index in [1.807, 2.05) is 67.9 Å². The summed E-state index contributed by atoms with van der Waals surface area (Å²) in [7, 11) is -1.67. The number of imidazole rings is 1. The molecule has 0 aliphatic rings. The molecule has 172 valence electrons. The number of fused-ring (bicyclic) bond motifs is 2. The van der Waals surface area contributed by atoms with Crippen LogP contribution in [0.2, 0.25) is 0 Å². The lowest BCUT2D eigenvalue weighted by Gasteiger charge is -2.18. The monoisotopic (exact) mass is 464 g/mol. The first-order valence-corrected chi connectivity index (χ1v) is 12.5. The van der Waals surface area contributed by atoms with Crippen LogP contribution in [-0.4, -0.2) is 41.3 Å². The third kappa shape index (κ3) is 4.49. The quantitative estimate of drug-likeness (QED) is 0.421. The molecule has 0 bridgehead atoms. The number of benzene rings is 3. The topological polar surface area (TPSA) is 84.3 Å². The Morgan fingerprint density at radius 2 is 1.76 bits per heavy atom. The fourth-order valence-corrected chi connectivity index (χ4v) is 5.58. The van der Waals surface area contributed by atoms with Crippen LogP contribution in [0.1, 0.15) is 26.1 Å². The molecule has 0 saturated carbocycles. The zero-order valence-corrected chi connectivity index (χ0v) is 19.9. The van der Waals surface area contributed by atoms with Crippen molar-refractivity contribution in [2.75, 3.05) is 18.4 Å². The average Bonchev–Trinajstić information content (AvgIpc) is 3.13. The first kappa shape index (κ1) is 22.9. The van der Waals surface area contributed by atoms with Gasteiger partial charge in [-0.05, 0) is 29.7 Å². The molecule has 33 heavy (non-hydrogen) atoms. The molecule has 0 unspecified atom stereocenters. The van der Waals surface area contributed by atoms with Crippen molar-refractivity contribution in [1.29, 1.82) is 0 Å². The van der Waals surface area contributed by atoms with E-state index in [1.165, 1.54) is 4.31 Å². The highest BCUT2D eigenvalue weighted by Gasteiger charge is 2.22. The maximum absolute atomic E-state index is 12.9. The van der Waals surface area contributed by atoms with Gasteiger partial charge in [0.15, 0.2) is 0 Å². The summed E-state index contributed by atoms with van der Waals surface area (Å²) in [5.41, 5.74) is 2.22. The molecule has 3 aromatic carbocycles. The highest BCUT2D eigenvalue weighted by molar-refractivity contribution is 7.89. The molecule has 0 atom stereocenters. The molecule has 1 aromatic heterocycles. The largest absolute Gasteiger partial charge is 0.331 e. The van der Waals surface area contributed by atoms with Gasteiger partial charge >= 0.3 is 0 Å². The lowest BCUT2D eigenvalue weighted by Crippen LogP contribution is -2.30. The van der Waals surface area contributed by atoms with Gasteiger partial charge in [-0.25, -0.2) is 13.4 Å². The van der Waals surface area contributed by atoms with E-state index >= 15 is 0 Å². The number of aryl methyl sites for hydroxylation is 2. The van der Waals surface area contributed by atoms with Crippen LogP contribution in [0, 0.1) is 0 Å². The molecular weight excluding hydrogens is 436 g/mol. The standard InChI is InChI=1S/C25H28N4O3S/c1-4-29(5-2)33(31,32)19-13-14-23-22(17-19)26-24(28(23)3)15-16-25(30)27-21-12-8-10-18-9-6-7-11-20(18)21/h6-14,17H,4-5,15-16H2,1-3H3,(H,27,30). The van der Waals surface area contributed by atoms with Gasteiger partial charge in [-0.3, -0.25) is 4.79 Å². The molecule has 4 aromatic rings. The van der Waals surface area contributed by atoms with E-state index in [1.54, 1.807) is 18.2 Å². The SMILES string of the molecule is CCN(CC)S(=O)(=O)c1ccc2c(c1)nc(CCC(=O)Nc1cccc3ccccc13)n2C. The van der Waals surface area contributed by atoms with Crippen LogP contribution in [0.5, 0.6) is 0 Å². The Morgan fingerprint density at radius 1 is 1.03 bits per heavy atom. The number of carbonyl (C=O) groups is 1. The Morgan fingerprint density at radius 3 is 2.52 bits per heavy atom. The number of nitrogens with zero attached hydrogens (tertiary/aromatic N) is 3. The van der Waals surface area contributed by atoms with E-state index in [0.717, 1.165) is 27.8 Å². The molecule has 8 heteroatoms. The summed E-state index contributed by atoms with van der Waals surface area (Å²) in [5, 5.41) is 5.07. The highest BCUT2D eigenvalue weighted by Crippen LogP contribution is 2.24. The Hall–Kier alpha value is -3.23. The van der Waals surface area contributed by atoms with E-state index in [2.05, 4.69) is 10.3 Å². The molecule has 0 radical (unpaired) electrons. The van der Waals surface area contributed by atoms with Crippen LogP contribution >= 0.6 is 0 Å². The lowest BCUT2D eigenvalue weighted by atomic mass is 10.1. The maximum Gasteiger partial charge on any atom is 0.243 e. The van der Waals surface area contributed by atoms with Crippen molar-refractivity contribution in [3.8, 4) is 0 Å². The molecular formula is C25H28N4O3S. The first-order chi connectivity index (χ1) is 15.8. The summed E-state index contributed by atoms with van der Waals surface area (Å²) < 4.78 is 29.0. The molecule has 0 saturated heterocycles. The Labute approximate surface area is 194 Å². The summed E-state index contributed by atoms with van der Waals surface area (Å²) in [4.78, 5) is 17.5. The van der Waals surface area contributed by atoms with Crippen molar-refractivity contribution in [3.63, 3.8) is 0 Å². The number of sulfonamides is 1. The van der Waals surface area contributed by atoms with E-state index in [4.69, 9.17) is 0 Å². The lowest BCUT2D eigenvalue weighted by molar-refractivity contribution is -0.116. The van der Waals surface area contributed by atoms with Crippen LogP contribution in [0.25, 0.3) is 21.8 Å². The maximum atomic E-state index is 12.9. The molecule has 0 aliphatic carbocycles. The van der Waals surface area contributed by atoms with Gasteiger partial charge in [0.05, 0.1) is 15.9 Å². The Kier molecular flexibility index (Phi) is 6.49. The average molecular weight is 465 g/mol. The third-order valence-electron chi connectivity index (χ3n) is 5.93. The Bertz CT molecular complexity index is 1420. The van der Waals surface area contributed by atoms with Crippen LogP contribution in [0.4, 0.5) is 5.69 Å². The summed E-state index contributed by atoms with van der Waals surface area (Å²) >= 11 is 0. The molecule has 0 fully saturated rings. The summed E-state index contributed by atoms with van der Waals surface area (Å²) in [6.07, 6.45) is 0.713. The van der Waals surface area contributed by atoms with Gasteiger partial charge in [-0.2, -0.15) is 4.31 Å².